The van der Waals surface area contributed by atoms with E-state index >= 15 is 0 Å². The lowest BCUT2D eigenvalue weighted by atomic mass is 9.76. The molecular formula is C35H24ClF3N2O3. The number of hydrogen-bond acceptors (Lipinski definition) is 4. The molecule has 0 saturated carbocycles. The van der Waals surface area contributed by atoms with Gasteiger partial charge in [0.05, 0.1) is 4.92 Å². The van der Waals surface area contributed by atoms with Gasteiger partial charge in [0.15, 0.2) is 0 Å². The van der Waals surface area contributed by atoms with E-state index < -0.39 is 27.8 Å². The van der Waals surface area contributed by atoms with Gasteiger partial charge >= 0.3 is 6.18 Å². The fourth-order valence-electron chi connectivity index (χ4n) is 5.03. The van der Waals surface area contributed by atoms with Gasteiger partial charge in [0.25, 0.3) is 11.3 Å². The van der Waals surface area contributed by atoms with E-state index in [1.807, 2.05) is 96.9 Å². The fraction of sp³-hybridized carbons (Fsp3) is 0.0857. The average molecular weight is 613 g/mol. The maximum absolute atomic E-state index is 14.9. The van der Waals surface area contributed by atoms with Gasteiger partial charge in [-0.3, -0.25) is 10.1 Å². The Kier molecular flexibility index (Phi) is 8.45. The predicted molar refractivity (Wildman–Crippen MR) is 164 cm³/mol. The molecule has 0 aliphatic heterocycles. The first-order valence-electron chi connectivity index (χ1n) is 13.4. The Morgan fingerprint density at radius 2 is 1.20 bits per heavy atom. The molecule has 1 atom stereocenters. The van der Waals surface area contributed by atoms with Crippen LogP contribution in [-0.4, -0.2) is 16.2 Å². The second kappa shape index (κ2) is 12.3. The van der Waals surface area contributed by atoms with E-state index in [-0.39, 0.29) is 22.0 Å². The van der Waals surface area contributed by atoms with E-state index in [0.717, 1.165) is 34.9 Å². The summed E-state index contributed by atoms with van der Waals surface area (Å²) in [6.45, 7) is 0. The third-order valence-corrected chi connectivity index (χ3v) is 7.43. The first-order chi connectivity index (χ1) is 21.0. The minimum Gasteiger partial charge on any atom is -0.368 e. The Bertz CT molecular complexity index is 1730. The zero-order valence-corrected chi connectivity index (χ0v) is 23.7. The molecule has 5 aromatic rings. The topological polar surface area (TPSA) is 75.4 Å². The normalized spacial score (nSPS) is 12.8. The Morgan fingerprint density at radius 1 is 0.727 bits per heavy atom. The molecule has 0 amide bonds. The van der Waals surface area contributed by atoms with Crippen LogP contribution in [0.5, 0.6) is 0 Å². The summed E-state index contributed by atoms with van der Waals surface area (Å²) < 4.78 is 44.6. The molecular weight excluding hydrogens is 589 g/mol. The lowest BCUT2D eigenvalue weighted by molar-refractivity contribution is -0.384. The molecule has 5 rings (SSSR count). The highest BCUT2D eigenvalue weighted by Gasteiger charge is 2.56. The number of non-ortho nitro benzene ring substituents is 1. The predicted octanol–water partition coefficient (Wildman–Crippen LogP) is 8.45. The van der Waals surface area contributed by atoms with Crippen molar-refractivity contribution in [2.24, 2.45) is 0 Å². The summed E-state index contributed by atoms with van der Waals surface area (Å²) in [6, 6.07) is 36.3. The average Bonchev–Trinajstić information content (AvgIpc) is 3.04. The molecule has 2 N–H and O–H groups in total. The lowest BCUT2D eigenvalue weighted by Crippen LogP contribution is -2.43. The smallest absolute Gasteiger partial charge is 0.368 e. The van der Waals surface area contributed by atoms with Crippen LogP contribution in [0.15, 0.2) is 133 Å². The molecule has 0 saturated heterocycles. The van der Waals surface area contributed by atoms with Gasteiger partial charge in [-0.1, -0.05) is 109 Å². The highest BCUT2D eigenvalue weighted by molar-refractivity contribution is 6.30. The first-order valence-corrected chi connectivity index (χ1v) is 13.7. The van der Waals surface area contributed by atoms with Crippen molar-refractivity contribution in [3.05, 3.63) is 176 Å². The van der Waals surface area contributed by atoms with Crippen LogP contribution in [-0.2, 0) is 11.1 Å². The zero-order chi connectivity index (χ0) is 31.4. The van der Waals surface area contributed by atoms with Gasteiger partial charge in [-0.2, -0.15) is 13.2 Å². The van der Waals surface area contributed by atoms with Crippen LogP contribution in [0.3, 0.4) is 0 Å². The van der Waals surface area contributed by atoms with Crippen molar-refractivity contribution in [1.82, 2.24) is 0 Å². The van der Waals surface area contributed by atoms with Crippen molar-refractivity contribution in [3.63, 3.8) is 0 Å². The summed E-state index contributed by atoms with van der Waals surface area (Å²) in [5.41, 5.74) is -3.60. The van der Waals surface area contributed by atoms with Crippen molar-refractivity contribution in [2.45, 2.75) is 17.3 Å². The van der Waals surface area contributed by atoms with Crippen molar-refractivity contribution < 1.29 is 23.2 Å². The van der Waals surface area contributed by atoms with Gasteiger partial charge in [-0.05, 0) is 52.9 Å². The molecule has 0 bridgehead atoms. The van der Waals surface area contributed by atoms with Crippen LogP contribution < -0.4 is 5.32 Å². The maximum atomic E-state index is 14.9. The molecule has 0 heterocycles. The number of nitrogens with zero attached hydrogens (tertiary/aromatic N) is 1. The zero-order valence-electron chi connectivity index (χ0n) is 22.9. The van der Waals surface area contributed by atoms with E-state index in [4.69, 9.17) is 11.6 Å². The number of halogens is 4. The molecule has 0 radical (unpaired) electrons. The van der Waals surface area contributed by atoms with E-state index in [1.165, 1.54) is 24.3 Å². The molecule has 5 nitrogen and oxygen atoms in total. The molecule has 220 valence electrons. The summed E-state index contributed by atoms with van der Waals surface area (Å²) in [6.07, 6.45) is -5.27. The van der Waals surface area contributed by atoms with Gasteiger partial charge in [0.1, 0.15) is 5.54 Å². The van der Waals surface area contributed by atoms with Gasteiger partial charge < -0.3 is 10.4 Å². The molecule has 9 heteroatoms. The van der Waals surface area contributed by atoms with Crippen LogP contribution >= 0.6 is 11.6 Å². The molecule has 0 fully saturated rings. The Balaban J connectivity index is 1.75. The van der Waals surface area contributed by atoms with Gasteiger partial charge in [0, 0.05) is 34.0 Å². The van der Waals surface area contributed by atoms with Gasteiger partial charge in [-0.15, -0.1) is 0 Å². The molecule has 0 spiro atoms. The number of rotatable bonds is 7. The largest absolute Gasteiger partial charge is 0.433 e. The molecule has 0 aliphatic rings. The van der Waals surface area contributed by atoms with E-state index in [9.17, 15) is 28.4 Å². The van der Waals surface area contributed by atoms with Crippen molar-refractivity contribution in [3.8, 4) is 11.8 Å². The van der Waals surface area contributed by atoms with Crippen molar-refractivity contribution >= 4 is 23.0 Å². The highest BCUT2D eigenvalue weighted by atomic mass is 35.5. The number of nitro groups is 1. The molecule has 1 unspecified atom stereocenters. The maximum Gasteiger partial charge on any atom is 0.433 e. The summed E-state index contributed by atoms with van der Waals surface area (Å²) >= 11 is 6.24. The standard InChI is InChI=1S/C35H24ClF3N2O3/c36-29-18-21-32(31(24-29)33(42,35(37,38)39)23-22-25-16-19-30(20-17-25)41(43)44)40-34(26-10-4-1-5-11-26,27-12-6-2-7-13-27)28-14-8-3-9-15-28/h1-21,24,40,42H. The summed E-state index contributed by atoms with van der Waals surface area (Å²) in [7, 11) is 0. The Morgan fingerprint density at radius 3 is 1.64 bits per heavy atom. The summed E-state index contributed by atoms with van der Waals surface area (Å²) in [5, 5.41) is 25.8. The minimum absolute atomic E-state index is 0.0435. The van der Waals surface area contributed by atoms with E-state index in [1.54, 1.807) is 0 Å². The Hall–Kier alpha value is -5.10. The molecule has 0 aromatic heterocycles. The second-order valence-corrected chi connectivity index (χ2v) is 10.4. The number of nitro benzene ring substituents is 1. The minimum atomic E-state index is -5.27. The van der Waals surface area contributed by atoms with Crippen LogP contribution in [0.4, 0.5) is 24.5 Å². The number of aliphatic hydroxyl groups is 1. The van der Waals surface area contributed by atoms with Crippen LogP contribution in [0.2, 0.25) is 5.02 Å². The lowest BCUT2D eigenvalue weighted by Gasteiger charge is -2.39. The number of hydrogen-bond donors (Lipinski definition) is 2. The third-order valence-electron chi connectivity index (χ3n) is 7.19. The van der Waals surface area contributed by atoms with Gasteiger partial charge in [0.2, 0.25) is 0 Å². The third kappa shape index (κ3) is 5.88. The van der Waals surface area contributed by atoms with Crippen LogP contribution in [0.1, 0.15) is 27.8 Å². The molecule has 44 heavy (non-hydrogen) atoms. The van der Waals surface area contributed by atoms with Crippen molar-refractivity contribution in [1.29, 1.82) is 0 Å². The molecule has 5 aromatic carbocycles. The number of alkyl halides is 3. The first kappa shape index (κ1) is 30.4. The van der Waals surface area contributed by atoms with Gasteiger partial charge in [-0.25, -0.2) is 0 Å². The number of anilines is 1. The van der Waals surface area contributed by atoms with E-state index in [0.29, 0.717) is 0 Å². The SMILES string of the molecule is O=[N+]([O-])c1ccc(C#CC(O)(c2cc(Cl)ccc2NC(c2ccccc2)(c2ccccc2)c2ccccc2)C(F)(F)F)cc1. The second-order valence-electron chi connectivity index (χ2n) is 9.93. The quantitative estimate of drug-likeness (QED) is 0.0837. The van der Waals surface area contributed by atoms with E-state index in [2.05, 4.69) is 11.2 Å². The van der Waals surface area contributed by atoms with Crippen LogP contribution in [0.25, 0.3) is 0 Å². The summed E-state index contributed by atoms with van der Waals surface area (Å²) in [4.78, 5) is 10.4. The fourth-order valence-corrected chi connectivity index (χ4v) is 5.20. The van der Waals surface area contributed by atoms with Crippen molar-refractivity contribution in [2.75, 3.05) is 5.32 Å². The highest BCUT2D eigenvalue weighted by Crippen LogP contribution is 2.46. The monoisotopic (exact) mass is 612 g/mol. The van der Waals surface area contributed by atoms with Crippen LogP contribution in [0, 0.1) is 22.0 Å². The number of benzene rings is 5. The Labute approximate surface area is 256 Å². The summed E-state index contributed by atoms with van der Waals surface area (Å²) in [5.74, 6) is 4.35. The molecule has 0 aliphatic carbocycles. The number of nitrogens with one attached hydrogen (secondary N) is 1.